The average molecular weight is 311 g/mol. The van der Waals surface area contributed by atoms with Gasteiger partial charge < -0.3 is 15.3 Å². The fourth-order valence-electron chi connectivity index (χ4n) is 3.01. The maximum atomic E-state index is 9.06. The van der Waals surface area contributed by atoms with Crippen LogP contribution >= 0.6 is 11.6 Å². The summed E-state index contributed by atoms with van der Waals surface area (Å²) in [5.41, 5.74) is 2.49. The molecule has 0 aromatic heterocycles. The number of nitrogens with one attached hydrogen (secondary N) is 1. The lowest BCUT2D eigenvalue weighted by atomic mass is 10.0. The van der Waals surface area contributed by atoms with Crippen LogP contribution in [0.4, 0.5) is 5.69 Å². The molecule has 0 radical (unpaired) electrons. The smallest absolute Gasteiger partial charge is 0.0471 e. The number of aliphatic hydroxyl groups excluding tert-OH is 1. The largest absolute Gasteiger partial charge is 0.396 e. The summed E-state index contributed by atoms with van der Waals surface area (Å²) in [6, 6.07) is 6.20. The van der Waals surface area contributed by atoms with Gasteiger partial charge in [0.15, 0.2) is 0 Å². The lowest BCUT2D eigenvalue weighted by molar-refractivity contribution is 0.251. The van der Waals surface area contributed by atoms with Gasteiger partial charge in [0.25, 0.3) is 0 Å². The number of nitrogens with zero attached hydrogens (tertiary/aromatic N) is 1. The molecule has 1 aliphatic rings. The highest BCUT2D eigenvalue weighted by molar-refractivity contribution is 6.31. The topological polar surface area (TPSA) is 35.5 Å². The first-order valence-electron chi connectivity index (χ1n) is 8.10. The van der Waals surface area contributed by atoms with Gasteiger partial charge in [-0.2, -0.15) is 0 Å². The minimum Gasteiger partial charge on any atom is -0.396 e. The maximum absolute atomic E-state index is 9.06. The number of hydrogen-bond donors (Lipinski definition) is 2. The van der Waals surface area contributed by atoms with Crippen LogP contribution in [-0.2, 0) is 6.54 Å². The molecule has 4 heteroatoms. The standard InChI is InChI=1S/C17H27ClN2O/c1-2-14(8-11-21)12-19-13-15-16(18)6-5-7-17(15)20-9-3-4-10-20/h5-7,14,19,21H,2-4,8-13H2,1H3. The molecule has 2 N–H and O–H groups in total. The van der Waals surface area contributed by atoms with Gasteiger partial charge in [0.2, 0.25) is 0 Å². The fraction of sp³-hybridized carbons (Fsp3) is 0.647. The second-order valence-corrected chi connectivity index (χ2v) is 6.26. The van der Waals surface area contributed by atoms with Crippen LogP contribution in [0.5, 0.6) is 0 Å². The molecular formula is C17H27ClN2O. The summed E-state index contributed by atoms with van der Waals surface area (Å²) in [4.78, 5) is 2.44. The van der Waals surface area contributed by atoms with E-state index in [1.807, 2.05) is 12.1 Å². The molecule has 0 amide bonds. The van der Waals surface area contributed by atoms with Crippen molar-refractivity contribution in [2.75, 3.05) is 31.1 Å². The Bertz CT molecular complexity index is 433. The molecule has 1 fully saturated rings. The number of rotatable bonds is 8. The Morgan fingerprint density at radius 1 is 1.33 bits per heavy atom. The summed E-state index contributed by atoms with van der Waals surface area (Å²) in [5, 5.41) is 13.4. The summed E-state index contributed by atoms with van der Waals surface area (Å²) in [6.45, 7) is 6.44. The highest BCUT2D eigenvalue weighted by Crippen LogP contribution is 2.30. The maximum Gasteiger partial charge on any atom is 0.0471 e. The van der Waals surface area contributed by atoms with Crippen LogP contribution in [-0.4, -0.2) is 31.3 Å². The van der Waals surface area contributed by atoms with Gasteiger partial charge in [-0.05, 0) is 43.9 Å². The Balaban J connectivity index is 1.98. The number of halogens is 1. The van der Waals surface area contributed by atoms with Gasteiger partial charge in [-0.15, -0.1) is 0 Å². The van der Waals surface area contributed by atoms with Gasteiger partial charge in [0.05, 0.1) is 0 Å². The Morgan fingerprint density at radius 3 is 2.76 bits per heavy atom. The summed E-state index contributed by atoms with van der Waals surface area (Å²) in [5.74, 6) is 0.535. The van der Waals surface area contributed by atoms with Crippen LogP contribution in [0.1, 0.15) is 38.2 Å². The van der Waals surface area contributed by atoms with Crippen molar-refractivity contribution in [3.8, 4) is 0 Å². The van der Waals surface area contributed by atoms with Crippen LogP contribution in [0.15, 0.2) is 18.2 Å². The van der Waals surface area contributed by atoms with Gasteiger partial charge in [-0.25, -0.2) is 0 Å². The van der Waals surface area contributed by atoms with E-state index < -0.39 is 0 Å². The highest BCUT2D eigenvalue weighted by Gasteiger charge is 2.17. The zero-order valence-corrected chi connectivity index (χ0v) is 13.7. The van der Waals surface area contributed by atoms with E-state index in [-0.39, 0.29) is 6.61 Å². The Hall–Kier alpha value is -0.770. The van der Waals surface area contributed by atoms with E-state index in [1.165, 1.54) is 24.1 Å². The van der Waals surface area contributed by atoms with E-state index in [4.69, 9.17) is 16.7 Å². The monoisotopic (exact) mass is 310 g/mol. The number of hydrogen-bond acceptors (Lipinski definition) is 3. The van der Waals surface area contributed by atoms with Gasteiger partial charge in [0.1, 0.15) is 0 Å². The van der Waals surface area contributed by atoms with Crippen molar-refractivity contribution in [3.63, 3.8) is 0 Å². The summed E-state index contributed by atoms with van der Waals surface area (Å²) in [7, 11) is 0. The lowest BCUT2D eigenvalue weighted by Crippen LogP contribution is -2.25. The van der Waals surface area contributed by atoms with E-state index in [1.54, 1.807) is 0 Å². The Kier molecular flexibility index (Phi) is 6.81. The first-order valence-corrected chi connectivity index (χ1v) is 8.48. The van der Waals surface area contributed by atoms with E-state index >= 15 is 0 Å². The van der Waals surface area contributed by atoms with Crippen molar-refractivity contribution in [2.24, 2.45) is 5.92 Å². The van der Waals surface area contributed by atoms with Gasteiger partial charge >= 0.3 is 0 Å². The molecule has 118 valence electrons. The van der Waals surface area contributed by atoms with Crippen molar-refractivity contribution in [2.45, 2.75) is 39.2 Å². The third kappa shape index (κ3) is 4.60. The normalized spacial score (nSPS) is 16.4. The molecule has 3 nitrogen and oxygen atoms in total. The molecule has 2 rings (SSSR count). The van der Waals surface area contributed by atoms with Gasteiger partial charge in [-0.1, -0.05) is 31.0 Å². The molecule has 1 heterocycles. The molecule has 1 aliphatic heterocycles. The summed E-state index contributed by atoms with van der Waals surface area (Å²) >= 11 is 6.41. The average Bonchev–Trinajstić information content (AvgIpc) is 3.02. The molecule has 0 bridgehead atoms. The fourth-order valence-corrected chi connectivity index (χ4v) is 3.25. The summed E-state index contributed by atoms with van der Waals surface area (Å²) < 4.78 is 0. The quantitative estimate of drug-likeness (QED) is 0.772. The van der Waals surface area contributed by atoms with E-state index in [9.17, 15) is 0 Å². The minimum absolute atomic E-state index is 0.269. The molecule has 1 aromatic rings. The van der Waals surface area contributed by atoms with Gasteiger partial charge in [-0.3, -0.25) is 0 Å². The van der Waals surface area contributed by atoms with Crippen molar-refractivity contribution < 1.29 is 5.11 Å². The zero-order valence-electron chi connectivity index (χ0n) is 12.9. The third-order valence-electron chi connectivity index (χ3n) is 4.39. The molecule has 1 saturated heterocycles. The molecule has 0 saturated carbocycles. The number of anilines is 1. The second kappa shape index (κ2) is 8.62. The van der Waals surface area contributed by atoms with E-state index in [2.05, 4.69) is 23.2 Å². The van der Waals surface area contributed by atoms with Crippen molar-refractivity contribution >= 4 is 17.3 Å². The number of aliphatic hydroxyl groups is 1. The zero-order chi connectivity index (χ0) is 15.1. The first-order chi connectivity index (χ1) is 10.3. The lowest BCUT2D eigenvalue weighted by Gasteiger charge is -2.23. The van der Waals surface area contributed by atoms with Crippen LogP contribution < -0.4 is 10.2 Å². The SMILES string of the molecule is CCC(CCO)CNCc1c(Cl)cccc1N1CCCC1. The molecule has 0 spiro atoms. The van der Waals surface area contributed by atoms with Crippen LogP contribution in [0.3, 0.4) is 0 Å². The van der Waals surface area contributed by atoms with Crippen molar-refractivity contribution in [1.82, 2.24) is 5.32 Å². The minimum atomic E-state index is 0.269. The summed E-state index contributed by atoms with van der Waals surface area (Å²) in [6.07, 6.45) is 4.50. The van der Waals surface area contributed by atoms with Crippen molar-refractivity contribution in [1.29, 1.82) is 0 Å². The van der Waals surface area contributed by atoms with E-state index in [0.717, 1.165) is 44.0 Å². The molecule has 0 aliphatic carbocycles. The predicted octanol–water partition coefficient (Wildman–Crippen LogP) is 3.44. The van der Waals surface area contributed by atoms with Crippen LogP contribution in [0, 0.1) is 5.92 Å². The molecule has 21 heavy (non-hydrogen) atoms. The Morgan fingerprint density at radius 2 is 2.10 bits per heavy atom. The third-order valence-corrected chi connectivity index (χ3v) is 4.74. The first kappa shape index (κ1) is 16.6. The number of benzene rings is 1. The molecule has 1 aromatic carbocycles. The molecular weight excluding hydrogens is 284 g/mol. The van der Waals surface area contributed by atoms with E-state index in [0.29, 0.717) is 5.92 Å². The predicted molar refractivity (Wildman–Crippen MR) is 90.1 cm³/mol. The van der Waals surface area contributed by atoms with Crippen LogP contribution in [0.2, 0.25) is 5.02 Å². The Labute approximate surface area is 133 Å². The van der Waals surface area contributed by atoms with Gasteiger partial charge in [0, 0.05) is 42.5 Å². The molecule has 1 unspecified atom stereocenters. The second-order valence-electron chi connectivity index (χ2n) is 5.85. The highest BCUT2D eigenvalue weighted by atomic mass is 35.5. The van der Waals surface area contributed by atoms with Crippen molar-refractivity contribution in [3.05, 3.63) is 28.8 Å². The molecule has 1 atom stereocenters. The van der Waals surface area contributed by atoms with Crippen LogP contribution in [0.25, 0.3) is 0 Å².